The second kappa shape index (κ2) is 9.11. The number of carbonyl (C=O) groups is 1. The molecule has 7 heteroatoms. The van der Waals surface area contributed by atoms with Crippen molar-refractivity contribution in [3.8, 4) is 0 Å². The number of anilines is 2. The van der Waals surface area contributed by atoms with Crippen LogP contribution in [0.3, 0.4) is 0 Å². The van der Waals surface area contributed by atoms with Crippen LogP contribution in [0.2, 0.25) is 0 Å². The quantitative estimate of drug-likeness (QED) is 0.758. The van der Waals surface area contributed by atoms with Gasteiger partial charge in [0.2, 0.25) is 11.9 Å². The Morgan fingerprint density at radius 2 is 1.90 bits per heavy atom. The number of thiophene rings is 1. The average Bonchev–Trinajstić information content (AvgIpc) is 3.21. The summed E-state index contributed by atoms with van der Waals surface area (Å²) in [5.74, 6) is 1.96. The van der Waals surface area contributed by atoms with Crippen LogP contribution in [0.5, 0.6) is 0 Å². The van der Waals surface area contributed by atoms with Gasteiger partial charge in [0, 0.05) is 36.6 Å². The fourth-order valence-electron chi connectivity index (χ4n) is 4.42. The number of nitrogens with zero attached hydrogens (tertiary/aromatic N) is 3. The van der Waals surface area contributed by atoms with Crippen LogP contribution in [0.4, 0.5) is 11.8 Å². The van der Waals surface area contributed by atoms with Crippen LogP contribution < -0.4 is 15.5 Å². The molecule has 6 nitrogen and oxygen atoms in total. The Bertz CT molecular complexity index is 828. The number of amides is 1. The molecule has 0 unspecified atom stereocenters. The van der Waals surface area contributed by atoms with Crippen LogP contribution in [0, 0.1) is 0 Å². The Hall–Kier alpha value is -2.15. The van der Waals surface area contributed by atoms with Crippen molar-refractivity contribution in [3.63, 3.8) is 0 Å². The van der Waals surface area contributed by atoms with Gasteiger partial charge in [-0.15, -0.1) is 11.3 Å². The molecule has 2 aromatic rings. The average molecular weight is 414 g/mol. The highest BCUT2D eigenvalue weighted by molar-refractivity contribution is 7.10. The molecule has 0 aromatic carbocycles. The van der Waals surface area contributed by atoms with E-state index in [2.05, 4.69) is 29.6 Å². The molecule has 29 heavy (non-hydrogen) atoms. The molecule has 0 saturated heterocycles. The van der Waals surface area contributed by atoms with Gasteiger partial charge < -0.3 is 15.5 Å². The lowest BCUT2D eigenvalue weighted by Gasteiger charge is -2.30. The van der Waals surface area contributed by atoms with E-state index < -0.39 is 0 Å². The van der Waals surface area contributed by atoms with Gasteiger partial charge in [-0.2, -0.15) is 4.98 Å². The number of aryl methyl sites for hydroxylation is 1. The predicted molar refractivity (Wildman–Crippen MR) is 119 cm³/mol. The summed E-state index contributed by atoms with van der Waals surface area (Å²) in [6.45, 7) is 0. The van der Waals surface area contributed by atoms with E-state index >= 15 is 0 Å². The lowest BCUT2D eigenvalue weighted by molar-refractivity contribution is -0.121. The zero-order valence-corrected chi connectivity index (χ0v) is 18.2. The molecule has 0 radical (unpaired) electrons. The third-order valence-corrected chi connectivity index (χ3v) is 6.80. The maximum absolute atomic E-state index is 12.2. The third-order valence-electron chi connectivity index (χ3n) is 5.93. The Morgan fingerprint density at radius 3 is 2.62 bits per heavy atom. The van der Waals surface area contributed by atoms with Gasteiger partial charge in [0.25, 0.3) is 0 Å². The summed E-state index contributed by atoms with van der Waals surface area (Å²) in [7, 11) is 4.12. The summed E-state index contributed by atoms with van der Waals surface area (Å²) >= 11 is 1.64. The fourth-order valence-corrected chi connectivity index (χ4v) is 5.13. The van der Waals surface area contributed by atoms with Gasteiger partial charge in [0.05, 0.1) is 12.1 Å². The molecule has 2 aliphatic carbocycles. The van der Waals surface area contributed by atoms with Crippen LogP contribution in [-0.4, -0.2) is 42.1 Å². The summed E-state index contributed by atoms with van der Waals surface area (Å²) < 4.78 is 0. The summed E-state index contributed by atoms with van der Waals surface area (Å²) in [6.07, 6.45) is 9.13. The molecular weight excluding hydrogens is 382 g/mol. The molecule has 2 aliphatic rings. The summed E-state index contributed by atoms with van der Waals surface area (Å²) in [5, 5.41) is 8.80. The van der Waals surface area contributed by atoms with Crippen LogP contribution in [0.25, 0.3) is 0 Å². The molecule has 2 heterocycles. The first-order valence-electron chi connectivity index (χ1n) is 10.7. The van der Waals surface area contributed by atoms with Gasteiger partial charge in [-0.05, 0) is 62.8 Å². The van der Waals surface area contributed by atoms with Crippen molar-refractivity contribution in [1.29, 1.82) is 0 Å². The minimum atomic E-state index is 0.137. The zero-order valence-electron chi connectivity index (χ0n) is 17.4. The van der Waals surface area contributed by atoms with Gasteiger partial charge in [0.15, 0.2) is 0 Å². The van der Waals surface area contributed by atoms with E-state index in [9.17, 15) is 4.79 Å². The molecule has 0 spiro atoms. The number of fused-ring (bicyclic) bond motifs is 1. The Kier molecular flexibility index (Phi) is 6.33. The summed E-state index contributed by atoms with van der Waals surface area (Å²) in [6, 6.07) is 4.67. The van der Waals surface area contributed by atoms with E-state index in [0.717, 1.165) is 55.2 Å². The molecule has 0 atom stereocenters. The second-order valence-electron chi connectivity index (χ2n) is 8.41. The SMILES string of the molecule is CN(C)c1nc(N[C@H]2CC[C@@H](NC(=O)Cc3cccs3)CC2)nc2c1CCCC2. The highest BCUT2D eigenvalue weighted by atomic mass is 32.1. The number of hydrogen-bond acceptors (Lipinski definition) is 6. The van der Waals surface area contributed by atoms with E-state index in [4.69, 9.17) is 9.97 Å². The monoisotopic (exact) mass is 413 g/mol. The van der Waals surface area contributed by atoms with E-state index in [0.29, 0.717) is 12.5 Å². The summed E-state index contributed by atoms with van der Waals surface area (Å²) in [5.41, 5.74) is 2.54. The fraction of sp³-hybridized carbons (Fsp3) is 0.591. The van der Waals surface area contributed by atoms with Crippen molar-refractivity contribution in [3.05, 3.63) is 33.6 Å². The first-order chi connectivity index (χ1) is 14.1. The van der Waals surface area contributed by atoms with Gasteiger partial charge in [0.1, 0.15) is 5.82 Å². The maximum Gasteiger partial charge on any atom is 0.225 e. The molecular formula is C22H31N5OS. The topological polar surface area (TPSA) is 70.2 Å². The van der Waals surface area contributed by atoms with E-state index in [-0.39, 0.29) is 11.9 Å². The third kappa shape index (κ3) is 5.07. The Morgan fingerprint density at radius 1 is 1.14 bits per heavy atom. The minimum Gasteiger partial charge on any atom is -0.362 e. The highest BCUT2D eigenvalue weighted by Gasteiger charge is 2.24. The van der Waals surface area contributed by atoms with Crippen LogP contribution in [0.1, 0.15) is 54.7 Å². The normalized spacial score (nSPS) is 21.3. The first-order valence-corrected chi connectivity index (χ1v) is 11.6. The molecule has 2 N–H and O–H groups in total. The lowest BCUT2D eigenvalue weighted by Crippen LogP contribution is -2.40. The van der Waals surface area contributed by atoms with Crippen molar-refractivity contribution in [2.45, 2.75) is 69.9 Å². The van der Waals surface area contributed by atoms with Gasteiger partial charge in [-0.1, -0.05) is 6.07 Å². The number of hydrogen-bond donors (Lipinski definition) is 2. The van der Waals surface area contributed by atoms with Gasteiger partial charge in [-0.3, -0.25) is 4.79 Å². The highest BCUT2D eigenvalue weighted by Crippen LogP contribution is 2.29. The first kappa shape index (κ1) is 20.1. The Balaban J connectivity index is 1.31. The van der Waals surface area contributed by atoms with Crippen molar-refractivity contribution in [2.75, 3.05) is 24.3 Å². The number of carbonyl (C=O) groups excluding carboxylic acids is 1. The summed E-state index contributed by atoms with van der Waals surface area (Å²) in [4.78, 5) is 25.1. The largest absolute Gasteiger partial charge is 0.362 e. The van der Waals surface area contributed by atoms with Crippen LogP contribution in [-0.2, 0) is 24.1 Å². The molecule has 1 fully saturated rings. The molecule has 1 saturated carbocycles. The smallest absolute Gasteiger partial charge is 0.225 e. The molecule has 156 valence electrons. The Labute approximate surface area is 177 Å². The van der Waals surface area contributed by atoms with Crippen molar-refractivity contribution < 1.29 is 4.79 Å². The van der Waals surface area contributed by atoms with E-state index in [1.165, 1.54) is 24.1 Å². The van der Waals surface area contributed by atoms with Crippen LogP contribution >= 0.6 is 11.3 Å². The number of rotatable bonds is 6. The molecule has 0 aliphatic heterocycles. The number of nitrogens with one attached hydrogen (secondary N) is 2. The van der Waals surface area contributed by atoms with Crippen LogP contribution in [0.15, 0.2) is 17.5 Å². The predicted octanol–water partition coefficient (Wildman–Crippen LogP) is 3.56. The maximum atomic E-state index is 12.2. The van der Waals surface area contributed by atoms with Crippen molar-refractivity contribution in [2.24, 2.45) is 0 Å². The molecule has 1 amide bonds. The van der Waals surface area contributed by atoms with Crippen molar-refractivity contribution >= 4 is 29.0 Å². The zero-order chi connectivity index (χ0) is 20.2. The van der Waals surface area contributed by atoms with E-state index in [1.54, 1.807) is 11.3 Å². The van der Waals surface area contributed by atoms with Gasteiger partial charge >= 0.3 is 0 Å². The lowest BCUT2D eigenvalue weighted by atomic mass is 9.91. The molecule has 2 aromatic heterocycles. The second-order valence-corrected chi connectivity index (χ2v) is 9.45. The van der Waals surface area contributed by atoms with Gasteiger partial charge in [-0.25, -0.2) is 4.98 Å². The van der Waals surface area contributed by atoms with Crippen molar-refractivity contribution in [1.82, 2.24) is 15.3 Å². The minimum absolute atomic E-state index is 0.137. The number of aromatic nitrogens is 2. The van der Waals surface area contributed by atoms with E-state index in [1.807, 2.05) is 17.5 Å². The molecule has 0 bridgehead atoms. The molecule has 4 rings (SSSR count). The standard InChI is InChI=1S/C22H31N5OS/c1-27(2)21-18-7-3-4-8-19(18)25-22(26-21)24-16-11-9-15(10-12-16)23-20(28)14-17-6-5-13-29-17/h5-6,13,15-16H,3-4,7-12,14H2,1-2H3,(H,23,28)(H,24,25,26)/t15-,16+.